The summed E-state index contributed by atoms with van der Waals surface area (Å²) in [5, 5.41) is 7.01. The van der Waals surface area contributed by atoms with E-state index in [0.717, 1.165) is 31.4 Å². The van der Waals surface area contributed by atoms with Gasteiger partial charge in [-0.2, -0.15) is 22.8 Å². The number of nitrogens with zero attached hydrogens (tertiary/aromatic N) is 5. The van der Waals surface area contributed by atoms with Crippen molar-refractivity contribution in [1.82, 2.24) is 19.6 Å². The third-order valence-electron chi connectivity index (χ3n) is 5.26. The molecule has 0 atom stereocenters. The number of aromatic nitrogens is 4. The number of hydrogen-bond donors (Lipinski definition) is 1. The Morgan fingerprint density at radius 3 is 2.56 bits per heavy atom. The van der Waals surface area contributed by atoms with Crippen LogP contribution in [-0.4, -0.2) is 38.6 Å². The third-order valence-corrected chi connectivity index (χ3v) is 5.26. The van der Waals surface area contributed by atoms with Crippen molar-refractivity contribution < 1.29 is 18.0 Å². The van der Waals surface area contributed by atoms with Crippen LogP contribution < -0.4 is 10.2 Å². The smallest absolute Gasteiger partial charge is 0.356 e. The Kier molecular flexibility index (Phi) is 4.76. The minimum Gasteiger partial charge on any atom is -0.356 e. The predicted molar refractivity (Wildman–Crippen MR) is 112 cm³/mol. The van der Waals surface area contributed by atoms with Crippen LogP contribution in [0.2, 0.25) is 0 Å². The van der Waals surface area contributed by atoms with E-state index in [-0.39, 0.29) is 22.8 Å². The topological polar surface area (TPSA) is 75.4 Å². The zero-order chi connectivity index (χ0) is 22.3. The summed E-state index contributed by atoms with van der Waals surface area (Å²) < 4.78 is 41.6. The molecule has 0 bridgehead atoms. The number of carbonyl (C=O) groups excluding carboxylic acids is 1. The summed E-state index contributed by atoms with van der Waals surface area (Å²) in [6.07, 6.45) is -2.03. The van der Waals surface area contributed by atoms with E-state index in [1.54, 1.807) is 18.2 Å². The summed E-state index contributed by atoms with van der Waals surface area (Å²) in [7, 11) is 0. The van der Waals surface area contributed by atoms with Gasteiger partial charge in [-0.15, -0.1) is 0 Å². The van der Waals surface area contributed by atoms with E-state index in [4.69, 9.17) is 0 Å². The van der Waals surface area contributed by atoms with Crippen molar-refractivity contribution >= 4 is 23.2 Å². The maximum atomic E-state index is 13.4. The Hall–Kier alpha value is -3.95. The second-order valence-corrected chi connectivity index (χ2v) is 7.35. The molecule has 1 N–H and O–H groups in total. The highest BCUT2D eigenvalue weighted by Crippen LogP contribution is 2.36. The molecule has 0 spiro atoms. The lowest BCUT2D eigenvalue weighted by molar-refractivity contribution is -0.137. The normalized spacial score (nSPS) is 13.8. The van der Waals surface area contributed by atoms with Gasteiger partial charge in [-0.3, -0.25) is 4.79 Å². The molecule has 0 radical (unpaired) electrons. The summed E-state index contributed by atoms with van der Waals surface area (Å²) in [5.74, 6) is 0.496. The van der Waals surface area contributed by atoms with Gasteiger partial charge in [0, 0.05) is 18.7 Å². The number of pyridine rings is 1. The first-order chi connectivity index (χ1) is 15.4. The lowest BCUT2D eigenvalue weighted by Crippen LogP contribution is -2.37. The molecule has 4 heterocycles. The van der Waals surface area contributed by atoms with Gasteiger partial charge in [0.1, 0.15) is 11.5 Å². The number of halogens is 3. The van der Waals surface area contributed by atoms with Gasteiger partial charge in [-0.05, 0) is 36.8 Å². The van der Waals surface area contributed by atoms with Crippen LogP contribution >= 0.6 is 0 Å². The van der Waals surface area contributed by atoms with Gasteiger partial charge in [-0.1, -0.05) is 24.3 Å². The van der Waals surface area contributed by atoms with Crippen molar-refractivity contribution in [3.8, 4) is 11.3 Å². The van der Waals surface area contributed by atoms with Gasteiger partial charge in [0.25, 0.3) is 5.91 Å². The number of imidazole rings is 1. The summed E-state index contributed by atoms with van der Waals surface area (Å²) in [6, 6.07) is 13.4. The summed E-state index contributed by atoms with van der Waals surface area (Å²) in [4.78, 5) is 23.4. The van der Waals surface area contributed by atoms with E-state index in [1.165, 1.54) is 35.0 Å². The third kappa shape index (κ3) is 3.64. The van der Waals surface area contributed by atoms with E-state index in [1.807, 2.05) is 6.07 Å². The quantitative estimate of drug-likeness (QED) is 0.515. The van der Waals surface area contributed by atoms with E-state index in [0.29, 0.717) is 5.65 Å². The van der Waals surface area contributed by atoms with Crippen LogP contribution in [0.15, 0.2) is 60.8 Å². The molecule has 3 aromatic heterocycles. The van der Waals surface area contributed by atoms with Crippen LogP contribution in [0.3, 0.4) is 0 Å². The van der Waals surface area contributed by atoms with Gasteiger partial charge in [0.2, 0.25) is 0 Å². The molecule has 0 aliphatic carbocycles. The van der Waals surface area contributed by atoms with Crippen LogP contribution in [-0.2, 0) is 6.18 Å². The van der Waals surface area contributed by atoms with Crippen LogP contribution in [0.5, 0.6) is 0 Å². The van der Waals surface area contributed by atoms with Crippen molar-refractivity contribution in [1.29, 1.82) is 0 Å². The highest BCUT2D eigenvalue weighted by atomic mass is 19.4. The van der Waals surface area contributed by atoms with Gasteiger partial charge in [0.15, 0.2) is 11.5 Å². The Bertz CT molecular complexity index is 1310. The molecule has 1 amide bonds. The zero-order valence-electron chi connectivity index (χ0n) is 16.7. The number of nitrogens with one attached hydrogen (secondary N) is 1. The van der Waals surface area contributed by atoms with E-state index in [9.17, 15) is 18.0 Å². The summed E-state index contributed by atoms with van der Waals surface area (Å²) >= 11 is 0. The maximum Gasteiger partial charge on any atom is 0.417 e. The minimum atomic E-state index is -4.52. The van der Waals surface area contributed by atoms with Crippen molar-refractivity contribution in [2.75, 3.05) is 23.3 Å². The molecule has 1 fully saturated rings. The fraction of sp³-hybridized carbons (Fsp3) is 0.182. The Morgan fingerprint density at radius 2 is 1.81 bits per heavy atom. The molecular formula is C22H17F3N6O. The first kappa shape index (κ1) is 20.0. The SMILES string of the molecule is O=C(Nc1cnc2ccc(-c3ccccc3C(F)(F)F)nn12)c1cccc(N2CCC2)n1. The Labute approximate surface area is 180 Å². The molecule has 1 aliphatic rings. The van der Waals surface area contributed by atoms with Gasteiger partial charge < -0.3 is 10.2 Å². The number of benzene rings is 1. The van der Waals surface area contributed by atoms with Crippen molar-refractivity contribution in [3.05, 3.63) is 72.1 Å². The summed E-state index contributed by atoms with van der Waals surface area (Å²) in [5.41, 5.74) is -0.128. The molecule has 162 valence electrons. The first-order valence-corrected chi connectivity index (χ1v) is 9.95. The highest BCUT2D eigenvalue weighted by Gasteiger charge is 2.33. The number of anilines is 2. The van der Waals surface area contributed by atoms with Crippen LogP contribution in [0.25, 0.3) is 16.9 Å². The lowest BCUT2D eigenvalue weighted by atomic mass is 10.0. The molecule has 0 unspecified atom stereocenters. The minimum absolute atomic E-state index is 0.0585. The largest absolute Gasteiger partial charge is 0.417 e. The molecule has 4 aromatic rings. The number of rotatable bonds is 4. The molecule has 1 aromatic carbocycles. The second kappa shape index (κ2) is 7.63. The second-order valence-electron chi connectivity index (χ2n) is 7.35. The van der Waals surface area contributed by atoms with Crippen LogP contribution in [0.1, 0.15) is 22.5 Å². The Morgan fingerprint density at radius 1 is 1.00 bits per heavy atom. The number of alkyl halides is 3. The number of amides is 1. The highest BCUT2D eigenvalue weighted by molar-refractivity contribution is 6.02. The molecule has 0 saturated carbocycles. The van der Waals surface area contributed by atoms with Crippen LogP contribution in [0.4, 0.5) is 24.8 Å². The number of hydrogen-bond acceptors (Lipinski definition) is 5. The maximum absolute atomic E-state index is 13.4. The van der Waals surface area contributed by atoms with Gasteiger partial charge >= 0.3 is 6.18 Å². The Balaban J connectivity index is 1.47. The average Bonchev–Trinajstić information content (AvgIpc) is 3.14. The molecule has 5 rings (SSSR count). The fourth-order valence-electron chi connectivity index (χ4n) is 3.51. The molecule has 10 heteroatoms. The monoisotopic (exact) mass is 438 g/mol. The first-order valence-electron chi connectivity index (χ1n) is 9.95. The van der Waals surface area contributed by atoms with Crippen molar-refractivity contribution in [2.45, 2.75) is 12.6 Å². The number of fused-ring (bicyclic) bond motifs is 1. The van der Waals surface area contributed by atoms with Gasteiger partial charge in [0.05, 0.1) is 17.5 Å². The lowest BCUT2D eigenvalue weighted by Gasteiger charge is -2.32. The predicted octanol–water partition coefficient (Wildman–Crippen LogP) is 4.27. The van der Waals surface area contributed by atoms with Crippen LogP contribution in [0, 0.1) is 0 Å². The van der Waals surface area contributed by atoms with E-state index < -0.39 is 17.6 Å². The molecule has 7 nitrogen and oxygen atoms in total. The molecule has 1 aliphatic heterocycles. The summed E-state index contributed by atoms with van der Waals surface area (Å²) in [6.45, 7) is 1.80. The molecular weight excluding hydrogens is 421 g/mol. The van der Waals surface area contributed by atoms with Crippen molar-refractivity contribution in [3.63, 3.8) is 0 Å². The standard InChI is InChI=1S/C22H17F3N6O/c23-22(24,25)15-6-2-1-5-14(15)16-9-10-18-26-13-20(31(18)29-16)28-21(32)17-7-3-8-19(27-17)30-11-4-12-30/h1-3,5-10,13H,4,11-12H2,(H,28,32). The number of carbonyl (C=O) groups is 1. The van der Waals surface area contributed by atoms with E-state index >= 15 is 0 Å². The average molecular weight is 438 g/mol. The molecule has 1 saturated heterocycles. The van der Waals surface area contributed by atoms with E-state index in [2.05, 4.69) is 25.3 Å². The zero-order valence-corrected chi connectivity index (χ0v) is 16.7. The fourth-order valence-corrected chi connectivity index (χ4v) is 3.51. The van der Waals surface area contributed by atoms with Crippen molar-refractivity contribution in [2.24, 2.45) is 0 Å². The van der Waals surface area contributed by atoms with Gasteiger partial charge in [-0.25, -0.2) is 9.97 Å². The molecule has 32 heavy (non-hydrogen) atoms.